The molecule has 0 radical (unpaired) electrons. The van der Waals surface area contributed by atoms with Crippen molar-refractivity contribution >= 4 is 15.5 Å². The summed E-state index contributed by atoms with van der Waals surface area (Å²) in [5.41, 5.74) is 1.90. The van der Waals surface area contributed by atoms with Crippen LogP contribution in [0.2, 0.25) is 0 Å². The molecular weight excluding hydrogens is 444 g/mol. The van der Waals surface area contributed by atoms with Crippen LogP contribution in [0, 0.1) is 10.1 Å². The molecule has 0 saturated heterocycles. The van der Waals surface area contributed by atoms with E-state index in [1.54, 1.807) is 48.5 Å². The zero-order valence-corrected chi connectivity index (χ0v) is 19.5. The van der Waals surface area contributed by atoms with Crippen molar-refractivity contribution in [3.05, 3.63) is 82.2 Å². The summed E-state index contributed by atoms with van der Waals surface area (Å²) in [6.07, 6.45) is 2.74. The molecule has 3 rings (SSSR count). The summed E-state index contributed by atoms with van der Waals surface area (Å²) >= 11 is 0. The van der Waals surface area contributed by atoms with Crippen molar-refractivity contribution in [2.45, 2.75) is 19.3 Å². The van der Waals surface area contributed by atoms with Crippen LogP contribution in [-0.4, -0.2) is 44.1 Å². The quantitative estimate of drug-likeness (QED) is 0.318. The molecule has 174 valence electrons. The summed E-state index contributed by atoms with van der Waals surface area (Å²) in [6, 6.07) is 15.8. The number of nitrogens with zero attached hydrogens (tertiary/aromatic N) is 2. The maximum Gasteiger partial charge on any atom is 0.298 e. The van der Waals surface area contributed by atoms with Gasteiger partial charge in [0.1, 0.15) is 15.5 Å². The van der Waals surface area contributed by atoms with Crippen molar-refractivity contribution in [3.8, 4) is 22.6 Å². The number of sulfone groups is 1. The van der Waals surface area contributed by atoms with Gasteiger partial charge in [0.15, 0.2) is 11.5 Å². The summed E-state index contributed by atoms with van der Waals surface area (Å²) in [5.74, 6) is 0.243. The Labute approximate surface area is 193 Å². The Balaban J connectivity index is 2.10. The maximum atomic E-state index is 12.2. The third-order valence-corrected chi connectivity index (χ3v) is 6.18. The lowest BCUT2D eigenvalue weighted by Crippen LogP contribution is -2.17. The average molecular weight is 471 g/mol. The van der Waals surface area contributed by atoms with E-state index in [1.807, 2.05) is 13.0 Å². The van der Waals surface area contributed by atoms with Crippen LogP contribution in [0.1, 0.15) is 24.1 Å². The molecule has 0 unspecified atom stereocenters. The van der Waals surface area contributed by atoms with Crippen LogP contribution in [0.5, 0.6) is 11.5 Å². The molecule has 0 fully saturated rings. The molecule has 33 heavy (non-hydrogen) atoms. The average Bonchev–Trinajstić information content (AvgIpc) is 2.78. The Morgan fingerprint density at radius 2 is 1.82 bits per heavy atom. The third-order valence-electron chi connectivity index (χ3n) is 5.17. The molecular formula is C24H26N2O6S. The molecule has 0 N–H and O–H groups in total. The van der Waals surface area contributed by atoms with E-state index in [9.17, 15) is 18.5 Å². The van der Waals surface area contributed by atoms with Gasteiger partial charge in [0.25, 0.3) is 5.69 Å². The van der Waals surface area contributed by atoms with E-state index in [0.717, 1.165) is 6.26 Å². The van der Waals surface area contributed by atoms with Gasteiger partial charge in [-0.1, -0.05) is 36.4 Å². The number of benzene rings is 2. The van der Waals surface area contributed by atoms with Crippen molar-refractivity contribution in [2.75, 3.05) is 25.7 Å². The predicted octanol–water partition coefficient (Wildman–Crippen LogP) is 4.44. The zero-order valence-electron chi connectivity index (χ0n) is 18.7. The van der Waals surface area contributed by atoms with Crippen LogP contribution in [-0.2, 0) is 16.3 Å². The fourth-order valence-corrected chi connectivity index (χ4v) is 4.83. The van der Waals surface area contributed by atoms with E-state index in [1.165, 1.54) is 13.3 Å². The molecule has 1 heterocycles. The van der Waals surface area contributed by atoms with Crippen LogP contribution in [0.4, 0.5) is 5.69 Å². The van der Waals surface area contributed by atoms with Crippen molar-refractivity contribution in [1.82, 2.24) is 4.98 Å². The van der Waals surface area contributed by atoms with Gasteiger partial charge in [-0.05, 0) is 36.2 Å². The Morgan fingerprint density at radius 3 is 2.42 bits per heavy atom. The van der Waals surface area contributed by atoms with Crippen LogP contribution in [0.25, 0.3) is 11.1 Å². The molecule has 0 aliphatic rings. The Morgan fingerprint density at radius 1 is 1.09 bits per heavy atom. The number of aromatic nitrogens is 1. The fraction of sp³-hybridized carbons (Fsp3) is 0.292. The molecule has 1 atom stereocenters. The molecule has 0 spiro atoms. The topological polar surface area (TPSA) is 109 Å². The van der Waals surface area contributed by atoms with Gasteiger partial charge in [-0.25, -0.2) is 8.42 Å². The monoisotopic (exact) mass is 470 g/mol. The van der Waals surface area contributed by atoms with Gasteiger partial charge < -0.3 is 9.47 Å². The lowest BCUT2D eigenvalue weighted by Gasteiger charge is -2.19. The van der Waals surface area contributed by atoms with Gasteiger partial charge >= 0.3 is 0 Å². The standard InChI is InChI=1S/C24H26N2O6S/c1-4-32-23-15-18(10-11-22(23)31-2)19(16-33(3,29)30)14-21-24(26(27)28)20(12-13-25-21)17-8-6-5-7-9-17/h5-13,15,19H,4,14,16H2,1-3H3/t19-/m1/s1. The number of hydrogen-bond acceptors (Lipinski definition) is 7. The minimum Gasteiger partial charge on any atom is -0.493 e. The maximum absolute atomic E-state index is 12.2. The minimum atomic E-state index is -3.40. The van der Waals surface area contributed by atoms with Crippen LogP contribution in [0.15, 0.2) is 60.8 Å². The van der Waals surface area contributed by atoms with E-state index in [-0.39, 0.29) is 23.6 Å². The van der Waals surface area contributed by atoms with E-state index in [0.29, 0.717) is 34.8 Å². The first-order chi connectivity index (χ1) is 15.7. The van der Waals surface area contributed by atoms with Crippen molar-refractivity contribution in [3.63, 3.8) is 0 Å². The molecule has 0 saturated carbocycles. The van der Waals surface area contributed by atoms with E-state index < -0.39 is 20.7 Å². The third kappa shape index (κ3) is 6.07. The number of pyridine rings is 1. The molecule has 0 amide bonds. The van der Waals surface area contributed by atoms with Gasteiger partial charge in [0.05, 0.1) is 30.0 Å². The van der Waals surface area contributed by atoms with Gasteiger partial charge in [0, 0.05) is 24.8 Å². The minimum absolute atomic E-state index is 0.0714. The van der Waals surface area contributed by atoms with Crippen molar-refractivity contribution in [2.24, 2.45) is 0 Å². The van der Waals surface area contributed by atoms with Crippen LogP contribution < -0.4 is 9.47 Å². The number of rotatable bonds is 10. The highest BCUT2D eigenvalue weighted by Gasteiger charge is 2.27. The summed E-state index contributed by atoms with van der Waals surface area (Å²) in [7, 11) is -1.88. The zero-order chi connectivity index (χ0) is 24.0. The second kappa shape index (κ2) is 10.4. The Hall–Kier alpha value is -3.46. The summed E-state index contributed by atoms with van der Waals surface area (Å²) in [6.45, 7) is 2.24. The Kier molecular flexibility index (Phi) is 7.65. The van der Waals surface area contributed by atoms with Gasteiger partial charge in [-0.15, -0.1) is 0 Å². The van der Waals surface area contributed by atoms with Crippen molar-refractivity contribution in [1.29, 1.82) is 0 Å². The highest BCUT2D eigenvalue weighted by Crippen LogP contribution is 2.36. The van der Waals surface area contributed by atoms with E-state index in [4.69, 9.17) is 9.47 Å². The number of nitro groups is 1. The van der Waals surface area contributed by atoms with Crippen molar-refractivity contribution < 1.29 is 22.8 Å². The SMILES string of the molecule is CCOc1cc([C@H](Cc2nccc(-c3ccccc3)c2[N+](=O)[O-])CS(C)(=O)=O)ccc1OC. The Bertz CT molecular complexity index is 1230. The second-order valence-corrected chi connectivity index (χ2v) is 9.80. The fourth-order valence-electron chi connectivity index (χ4n) is 3.79. The summed E-state index contributed by atoms with van der Waals surface area (Å²) in [5, 5.41) is 12.1. The van der Waals surface area contributed by atoms with Gasteiger partial charge in [0.2, 0.25) is 0 Å². The molecule has 9 heteroatoms. The first-order valence-electron chi connectivity index (χ1n) is 10.4. The predicted molar refractivity (Wildman–Crippen MR) is 127 cm³/mol. The normalized spacial score (nSPS) is 12.2. The molecule has 1 aromatic heterocycles. The number of methoxy groups -OCH3 is 1. The van der Waals surface area contributed by atoms with Gasteiger partial charge in [-0.3, -0.25) is 15.1 Å². The highest BCUT2D eigenvalue weighted by molar-refractivity contribution is 7.90. The van der Waals surface area contributed by atoms with E-state index >= 15 is 0 Å². The molecule has 8 nitrogen and oxygen atoms in total. The first kappa shape index (κ1) is 24.2. The molecule has 0 aliphatic carbocycles. The largest absolute Gasteiger partial charge is 0.493 e. The molecule has 2 aromatic carbocycles. The van der Waals surface area contributed by atoms with Crippen LogP contribution >= 0.6 is 0 Å². The first-order valence-corrected chi connectivity index (χ1v) is 12.5. The molecule has 0 bridgehead atoms. The lowest BCUT2D eigenvalue weighted by atomic mass is 9.93. The summed E-state index contributed by atoms with van der Waals surface area (Å²) < 4.78 is 35.4. The molecule has 0 aliphatic heterocycles. The second-order valence-electron chi connectivity index (χ2n) is 7.61. The number of ether oxygens (including phenoxy) is 2. The molecule has 3 aromatic rings. The lowest BCUT2D eigenvalue weighted by molar-refractivity contribution is -0.385. The van der Waals surface area contributed by atoms with Gasteiger partial charge in [-0.2, -0.15) is 0 Å². The smallest absolute Gasteiger partial charge is 0.298 e. The summed E-state index contributed by atoms with van der Waals surface area (Å²) in [4.78, 5) is 15.9. The van der Waals surface area contributed by atoms with E-state index in [2.05, 4.69) is 4.98 Å². The van der Waals surface area contributed by atoms with Crippen LogP contribution in [0.3, 0.4) is 0 Å². The highest BCUT2D eigenvalue weighted by atomic mass is 32.2. The number of hydrogen-bond donors (Lipinski definition) is 0.